The van der Waals surface area contributed by atoms with E-state index in [2.05, 4.69) is 43.5 Å². The molecule has 3 atom stereocenters. The molecule has 0 rings (SSSR count). The zero-order valence-corrected chi connectivity index (χ0v) is 34.2. The van der Waals surface area contributed by atoms with E-state index in [4.69, 9.17) is 14.8 Å². The Labute approximate surface area is 315 Å². The third-order valence-corrected chi connectivity index (χ3v) is 10.5. The van der Waals surface area contributed by atoms with Crippen LogP contribution in [0.3, 0.4) is 0 Å². The van der Waals surface area contributed by atoms with E-state index >= 15 is 0 Å². The smallest absolute Gasteiger partial charge is 0.391 e. The van der Waals surface area contributed by atoms with E-state index in [0.29, 0.717) is 12.8 Å². The zero-order chi connectivity index (χ0) is 37.5. The largest absolute Gasteiger partial charge is 0.472 e. The molecule has 0 aromatic carbocycles. The molecule has 8 nitrogen and oxygen atoms in total. The summed E-state index contributed by atoms with van der Waals surface area (Å²) in [4.78, 5) is 22.7. The van der Waals surface area contributed by atoms with Crippen LogP contribution in [0.1, 0.15) is 206 Å². The summed E-state index contributed by atoms with van der Waals surface area (Å²) in [5.41, 5.74) is 5.38. The lowest BCUT2D eigenvalue weighted by atomic mass is 10.0. The van der Waals surface area contributed by atoms with Gasteiger partial charge in [-0.2, -0.15) is 0 Å². The summed E-state index contributed by atoms with van der Waals surface area (Å²) in [6.45, 7) is 4.18. The second-order valence-electron chi connectivity index (χ2n) is 14.6. The first-order valence-corrected chi connectivity index (χ1v) is 22.9. The molecular formula is C42H83N2O6P. The molecule has 0 aliphatic heterocycles. The Bertz CT molecular complexity index is 855. The molecule has 0 saturated heterocycles. The van der Waals surface area contributed by atoms with Gasteiger partial charge >= 0.3 is 7.82 Å². The Morgan fingerprint density at radius 3 is 1.59 bits per heavy atom. The molecule has 0 aliphatic rings. The van der Waals surface area contributed by atoms with E-state index in [1.165, 1.54) is 116 Å². The number of carbonyl (C=O) groups is 1. The van der Waals surface area contributed by atoms with Gasteiger partial charge in [-0.25, -0.2) is 4.57 Å². The van der Waals surface area contributed by atoms with Gasteiger partial charge in [0.25, 0.3) is 0 Å². The summed E-state index contributed by atoms with van der Waals surface area (Å²) in [5, 5.41) is 13.8. The number of hydrogen-bond donors (Lipinski definition) is 4. The zero-order valence-electron chi connectivity index (χ0n) is 33.4. The second kappa shape index (κ2) is 38.7. The summed E-state index contributed by atoms with van der Waals surface area (Å²) in [6.07, 6.45) is 43.2. The van der Waals surface area contributed by atoms with Crippen LogP contribution in [0.4, 0.5) is 0 Å². The highest BCUT2D eigenvalue weighted by atomic mass is 31.2. The molecule has 0 fully saturated rings. The van der Waals surface area contributed by atoms with Crippen molar-refractivity contribution >= 4 is 13.7 Å². The summed E-state index contributed by atoms with van der Waals surface area (Å²) < 4.78 is 22.2. The summed E-state index contributed by atoms with van der Waals surface area (Å²) in [5.74, 6) is -0.175. The molecular weight excluding hydrogens is 659 g/mol. The van der Waals surface area contributed by atoms with Gasteiger partial charge in [0.1, 0.15) is 0 Å². The van der Waals surface area contributed by atoms with Crippen LogP contribution in [0.2, 0.25) is 0 Å². The SMILES string of the molecule is CCCCC/C=C\C/C=C\CCCCCCCC(=O)NC(COP(=O)(O)OCCN)C(O)CCCCCCCCCCCCCCCCCCC. The molecule has 0 aliphatic carbocycles. The van der Waals surface area contributed by atoms with Crippen molar-refractivity contribution in [2.45, 2.75) is 219 Å². The van der Waals surface area contributed by atoms with Crippen LogP contribution in [-0.2, 0) is 18.4 Å². The minimum atomic E-state index is -4.32. The van der Waals surface area contributed by atoms with Crippen LogP contribution in [0, 0.1) is 0 Å². The van der Waals surface area contributed by atoms with Crippen molar-refractivity contribution in [3.63, 3.8) is 0 Å². The van der Waals surface area contributed by atoms with Gasteiger partial charge in [0.15, 0.2) is 0 Å². The van der Waals surface area contributed by atoms with Gasteiger partial charge in [0.2, 0.25) is 5.91 Å². The van der Waals surface area contributed by atoms with Gasteiger partial charge in [0, 0.05) is 13.0 Å². The number of hydrogen-bond acceptors (Lipinski definition) is 6. The number of rotatable bonds is 40. The predicted octanol–water partition coefficient (Wildman–Crippen LogP) is 11.8. The van der Waals surface area contributed by atoms with Gasteiger partial charge in [-0.05, 0) is 44.9 Å². The summed E-state index contributed by atoms with van der Waals surface area (Å²) in [6, 6.07) is -0.779. The molecule has 302 valence electrons. The lowest BCUT2D eigenvalue weighted by molar-refractivity contribution is -0.123. The number of aliphatic hydroxyl groups excluding tert-OH is 1. The van der Waals surface area contributed by atoms with Gasteiger partial charge < -0.3 is 21.1 Å². The van der Waals surface area contributed by atoms with Crippen molar-refractivity contribution in [1.82, 2.24) is 5.32 Å². The molecule has 5 N–H and O–H groups in total. The molecule has 1 amide bonds. The normalized spacial score (nSPS) is 14.4. The van der Waals surface area contributed by atoms with Gasteiger partial charge in [-0.1, -0.05) is 179 Å². The average Bonchev–Trinajstić information content (AvgIpc) is 3.12. The first kappa shape index (κ1) is 50.0. The van der Waals surface area contributed by atoms with Crippen LogP contribution >= 0.6 is 7.82 Å². The monoisotopic (exact) mass is 743 g/mol. The topological polar surface area (TPSA) is 131 Å². The maximum atomic E-state index is 12.7. The summed E-state index contributed by atoms with van der Waals surface area (Å²) in [7, 11) is -4.32. The van der Waals surface area contributed by atoms with Gasteiger partial charge in [-0.15, -0.1) is 0 Å². The highest BCUT2D eigenvalue weighted by Gasteiger charge is 2.27. The quantitative estimate of drug-likeness (QED) is 0.0279. The van der Waals surface area contributed by atoms with Crippen molar-refractivity contribution < 1.29 is 28.4 Å². The van der Waals surface area contributed by atoms with E-state index in [-0.39, 0.29) is 25.7 Å². The highest BCUT2D eigenvalue weighted by Crippen LogP contribution is 2.43. The lowest BCUT2D eigenvalue weighted by Gasteiger charge is -2.25. The van der Waals surface area contributed by atoms with Crippen molar-refractivity contribution in [3.8, 4) is 0 Å². The number of amides is 1. The van der Waals surface area contributed by atoms with Crippen LogP contribution in [0.15, 0.2) is 24.3 Å². The van der Waals surface area contributed by atoms with Gasteiger partial charge in [-0.3, -0.25) is 13.8 Å². The van der Waals surface area contributed by atoms with Crippen molar-refractivity contribution in [2.75, 3.05) is 19.8 Å². The number of carbonyl (C=O) groups excluding carboxylic acids is 1. The maximum absolute atomic E-state index is 12.7. The van der Waals surface area contributed by atoms with E-state index in [9.17, 15) is 19.4 Å². The molecule has 0 spiro atoms. The van der Waals surface area contributed by atoms with E-state index < -0.39 is 20.0 Å². The number of nitrogens with two attached hydrogens (primary N) is 1. The fraction of sp³-hybridized carbons (Fsp3) is 0.881. The van der Waals surface area contributed by atoms with Gasteiger partial charge in [0.05, 0.1) is 25.4 Å². The molecule has 0 saturated carbocycles. The number of unbranched alkanes of at least 4 members (excludes halogenated alkanes) is 24. The number of allylic oxidation sites excluding steroid dienone is 4. The fourth-order valence-electron chi connectivity index (χ4n) is 6.28. The third-order valence-electron chi connectivity index (χ3n) is 9.56. The van der Waals surface area contributed by atoms with E-state index in [1.54, 1.807) is 0 Å². The number of phosphoric acid groups is 1. The van der Waals surface area contributed by atoms with E-state index in [0.717, 1.165) is 64.2 Å². The Kier molecular flexibility index (Phi) is 37.9. The number of phosphoric ester groups is 1. The van der Waals surface area contributed by atoms with Crippen molar-refractivity contribution in [1.29, 1.82) is 0 Å². The number of aliphatic hydroxyl groups is 1. The fourth-order valence-corrected chi connectivity index (χ4v) is 7.04. The highest BCUT2D eigenvalue weighted by molar-refractivity contribution is 7.47. The molecule has 3 unspecified atom stereocenters. The van der Waals surface area contributed by atoms with E-state index in [1.807, 2.05) is 0 Å². The van der Waals surface area contributed by atoms with Crippen molar-refractivity contribution in [2.24, 2.45) is 5.73 Å². The lowest BCUT2D eigenvalue weighted by Crippen LogP contribution is -2.46. The molecule has 0 heterocycles. The molecule has 0 radical (unpaired) electrons. The average molecular weight is 743 g/mol. The molecule has 9 heteroatoms. The third kappa shape index (κ3) is 37.1. The Hall–Kier alpha value is -1.02. The van der Waals surface area contributed by atoms with Crippen LogP contribution in [-0.4, -0.2) is 47.8 Å². The van der Waals surface area contributed by atoms with Crippen LogP contribution < -0.4 is 11.1 Å². The first-order chi connectivity index (χ1) is 24.9. The second-order valence-corrected chi connectivity index (χ2v) is 16.0. The standard InChI is InChI=1S/C42H83N2O6P/c1-3-5-7-9-11-13-15-17-19-20-22-23-25-27-29-31-33-35-41(45)40(39-50-51(47,48)49-38-37-43)44-42(46)36-34-32-30-28-26-24-21-18-16-14-12-10-8-6-4-2/h12,14,18,21,40-41,45H,3-11,13,15-17,19-20,22-39,43H2,1-2H3,(H,44,46)(H,47,48)/b14-12-,21-18-. The molecule has 0 aromatic rings. The minimum absolute atomic E-state index is 0.0869. The first-order valence-electron chi connectivity index (χ1n) is 21.5. The minimum Gasteiger partial charge on any atom is -0.391 e. The maximum Gasteiger partial charge on any atom is 0.472 e. The molecule has 0 bridgehead atoms. The summed E-state index contributed by atoms with van der Waals surface area (Å²) >= 11 is 0. The van der Waals surface area contributed by atoms with Crippen LogP contribution in [0.5, 0.6) is 0 Å². The Morgan fingerprint density at radius 2 is 1.08 bits per heavy atom. The van der Waals surface area contributed by atoms with Crippen molar-refractivity contribution in [3.05, 3.63) is 24.3 Å². The number of nitrogens with one attached hydrogen (secondary N) is 1. The Morgan fingerprint density at radius 1 is 0.647 bits per heavy atom. The molecule has 0 aromatic heterocycles. The predicted molar refractivity (Wildman–Crippen MR) is 217 cm³/mol. The molecule has 51 heavy (non-hydrogen) atoms. The Balaban J connectivity index is 4.19. The van der Waals surface area contributed by atoms with Crippen LogP contribution in [0.25, 0.3) is 0 Å².